The van der Waals surface area contributed by atoms with Crippen molar-refractivity contribution in [2.45, 2.75) is 38.3 Å². The van der Waals surface area contributed by atoms with Crippen molar-refractivity contribution in [1.82, 2.24) is 19.9 Å². The number of ether oxygens (including phenoxy) is 1. The summed E-state index contributed by atoms with van der Waals surface area (Å²) in [7, 11) is 0. The van der Waals surface area contributed by atoms with Crippen molar-refractivity contribution in [2.24, 2.45) is 0 Å². The van der Waals surface area contributed by atoms with Crippen LogP contribution in [0, 0.1) is 0 Å². The van der Waals surface area contributed by atoms with E-state index in [0.29, 0.717) is 11.1 Å². The van der Waals surface area contributed by atoms with Gasteiger partial charge in [-0.05, 0) is 25.3 Å². The van der Waals surface area contributed by atoms with Gasteiger partial charge in [-0.25, -0.2) is 15.0 Å². The molecule has 0 saturated carbocycles. The molecule has 2 aromatic rings. The second kappa shape index (κ2) is 8.16. The molecule has 1 saturated heterocycles. The summed E-state index contributed by atoms with van der Waals surface area (Å²) >= 11 is 1.43. The Kier molecular flexibility index (Phi) is 5.71. The minimum absolute atomic E-state index is 0.0122. The lowest BCUT2D eigenvalue weighted by Crippen LogP contribution is -2.49. The maximum absolute atomic E-state index is 12.5. The molecule has 1 aliphatic heterocycles. The number of carbonyl (C=O) groups is 1. The van der Waals surface area contributed by atoms with Crippen LogP contribution in [0.5, 0.6) is 6.01 Å². The van der Waals surface area contributed by atoms with E-state index in [0.717, 1.165) is 32.4 Å². The number of amides is 1. The lowest BCUT2D eigenvalue weighted by Gasteiger charge is -2.35. The van der Waals surface area contributed by atoms with Crippen molar-refractivity contribution in [3.63, 3.8) is 0 Å². The molecule has 7 nitrogen and oxygen atoms in total. The Hall–Kier alpha value is -2.06. The van der Waals surface area contributed by atoms with Gasteiger partial charge in [-0.3, -0.25) is 9.69 Å². The van der Waals surface area contributed by atoms with Crippen LogP contribution < -0.4 is 10.1 Å². The molecule has 1 atom stereocenters. The van der Waals surface area contributed by atoms with Crippen LogP contribution in [0.25, 0.3) is 0 Å². The molecule has 1 amide bonds. The van der Waals surface area contributed by atoms with Crippen molar-refractivity contribution in [1.29, 1.82) is 0 Å². The van der Waals surface area contributed by atoms with E-state index in [1.54, 1.807) is 24.7 Å². The number of carbonyl (C=O) groups excluding carboxylic acids is 1. The van der Waals surface area contributed by atoms with E-state index in [1.165, 1.54) is 11.3 Å². The molecule has 8 heteroatoms. The average molecular weight is 347 g/mol. The van der Waals surface area contributed by atoms with E-state index in [-0.39, 0.29) is 18.1 Å². The molecule has 2 aromatic heterocycles. The van der Waals surface area contributed by atoms with Gasteiger partial charge in [0.15, 0.2) is 5.13 Å². The molecule has 1 aliphatic rings. The predicted octanol–water partition coefficient (Wildman–Crippen LogP) is 2.19. The van der Waals surface area contributed by atoms with Crippen molar-refractivity contribution in [3.05, 3.63) is 30.0 Å². The van der Waals surface area contributed by atoms with Crippen LogP contribution in [0.4, 0.5) is 5.13 Å². The lowest BCUT2D eigenvalue weighted by molar-refractivity contribution is -0.122. The van der Waals surface area contributed by atoms with Gasteiger partial charge < -0.3 is 10.1 Å². The smallest absolute Gasteiger partial charge is 0.316 e. The maximum Gasteiger partial charge on any atom is 0.316 e. The number of nitrogens with one attached hydrogen (secondary N) is 1. The number of thiazole rings is 1. The maximum atomic E-state index is 12.5. The van der Waals surface area contributed by atoms with E-state index in [9.17, 15) is 4.79 Å². The molecule has 0 radical (unpaired) electrons. The first-order valence-electron chi connectivity index (χ1n) is 8.14. The fourth-order valence-corrected chi connectivity index (χ4v) is 3.42. The monoisotopic (exact) mass is 347 g/mol. The first kappa shape index (κ1) is 16.8. The van der Waals surface area contributed by atoms with Gasteiger partial charge in [0.2, 0.25) is 5.91 Å². The van der Waals surface area contributed by atoms with Crippen molar-refractivity contribution in [2.75, 3.05) is 18.4 Å². The standard InChI is InChI=1S/C16H21N5O2S/c1-2-13(14(22)20-16-19-8-11-24-16)21-9-4-12(5-10-21)23-15-17-6-3-7-18-15/h3,6-8,11-13H,2,4-5,9-10H2,1H3,(H,19,20,22)/t13-/m1/s1. The average Bonchev–Trinajstić information content (AvgIpc) is 3.11. The van der Waals surface area contributed by atoms with Gasteiger partial charge in [-0.15, -0.1) is 11.3 Å². The summed E-state index contributed by atoms with van der Waals surface area (Å²) in [5, 5.41) is 5.40. The number of piperidine rings is 1. The van der Waals surface area contributed by atoms with E-state index < -0.39 is 0 Å². The predicted molar refractivity (Wildman–Crippen MR) is 92.1 cm³/mol. The molecule has 0 aliphatic carbocycles. The van der Waals surface area contributed by atoms with Gasteiger partial charge in [-0.1, -0.05) is 6.92 Å². The number of rotatable bonds is 6. The van der Waals surface area contributed by atoms with Crippen LogP contribution in [-0.2, 0) is 4.79 Å². The normalized spacial score (nSPS) is 17.4. The van der Waals surface area contributed by atoms with E-state index >= 15 is 0 Å². The number of anilines is 1. The Morgan fingerprint density at radius 3 is 2.71 bits per heavy atom. The van der Waals surface area contributed by atoms with E-state index in [1.807, 2.05) is 12.3 Å². The highest BCUT2D eigenvalue weighted by Gasteiger charge is 2.29. The summed E-state index contributed by atoms with van der Waals surface area (Å²) in [5.41, 5.74) is 0. The van der Waals surface area contributed by atoms with Gasteiger partial charge in [0.1, 0.15) is 6.10 Å². The quantitative estimate of drug-likeness (QED) is 0.863. The Morgan fingerprint density at radius 1 is 1.33 bits per heavy atom. The van der Waals surface area contributed by atoms with Gasteiger partial charge >= 0.3 is 6.01 Å². The summed E-state index contributed by atoms with van der Waals surface area (Å²) in [6.45, 7) is 3.68. The molecular weight excluding hydrogens is 326 g/mol. The highest BCUT2D eigenvalue weighted by molar-refractivity contribution is 7.13. The Labute approximate surface area is 145 Å². The zero-order valence-electron chi connectivity index (χ0n) is 13.6. The number of hydrogen-bond acceptors (Lipinski definition) is 7. The summed E-state index contributed by atoms with van der Waals surface area (Å²) < 4.78 is 5.80. The first-order valence-corrected chi connectivity index (χ1v) is 9.02. The van der Waals surface area contributed by atoms with Crippen LogP contribution >= 0.6 is 11.3 Å². The minimum atomic E-state index is -0.136. The third-order valence-corrected chi connectivity index (χ3v) is 4.77. The Bertz CT molecular complexity index is 629. The zero-order chi connectivity index (χ0) is 16.8. The fourth-order valence-electron chi connectivity index (χ4n) is 2.88. The fraction of sp³-hybridized carbons (Fsp3) is 0.500. The molecule has 0 unspecified atom stereocenters. The highest BCUT2D eigenvalue weighted by Crippen LogP contribution is 2.20. The largest absolute Gasteiger partial charge is 0.460 e. The number of hydrogen-bond donors (Lipinski definition) is 1. The third kappa shape index (κ3) is 4.27. The molecule has 24 heavy (non-hydrogen) atoms. The summed E-state index contributed by atoms with van der Waals surface area (Å²) in [6, 6.07) is 2.05. The minimum Gasteiger partial charge on any atom is -0.460 e. The third-order valence-electron chi connectivity index (χ3n) is 4.08. The van der Waals surface area contributed by atoms with Gasteiger partial charge in [0.05, 0.1) is 6.04 Å². The topological polar surface area (TPSA) is 80.2 Å². The number of aromatic nitrogens is 3. The first-order chi connectivity index (χ1) is 11.8. The van der Waals surface area contributed by atoms with Gasteiger partial charge in [0.25, 0.3) is 0 Å². The molecule has 1 N–H and O–H groups in total. The Balaban J connectivity index is 1.51. The molecule has 3 rings (SSSR count). The number of likely N-dealkylation sites (tertiary alicyclic amines) is 1. The molecule has 0 bridgehead atoms. The van der Waals surface area contributed by atoms with Gasteiger partial charge in [0, 0.05) is 37.1 Å². The lowest BCUT2D eigenvalue weighted by atomic mass is 10.0. The summed E-state index contributed by atoms with van der Waals surface area (Å²) in [4.78, 5) is 27.0. The molecule has 3 heterocycles. The van der Waals surface area contributed by atoms with Crippen molar-refractivity contribution >= 4 is 22.4 Å². The zero-order valence-corrected chi connectivity index (χ0v) is 14.4. The second-order valence-electron chi connectivity index (χ2n) is 5.64. The van der Waals surface area contributed by atoms with Crippen LogP contribution in [0.1, 0.15) is 26.2 Å². The Morgan fingerprint density at radius 2 is 2.08 bits per heavy atom. The van der Waals surface area contributed by atoms with E-state index in [2.05, 4.69) is 25.2 Å². The van der Waals surface area contributed by atoms with Crippen LogP contribution in [0.2, 0.25) is 0 Å². The SMILES string of the molecule is CC[C@H](C(=O)Nc1nccs1)N1CCC(Oc2ncccn2)CC1. The van der Waals surface area contributed by atoms with Crippen LogP contribution in [-0.4, -0.2) is 51.0 Å². The summed E-state index contributed by atoms with van der Waals surface area (Å²) in [5.74, 6) is 0.0122. The second-order valence-corrected chi connectivity index (χ2v) is 6.53. The molecule has 1 fully saturated rings. The van der Waals surface area contributed by atoms with Crippen molar-refractivity contribution < 1.29 is 9.53 Å². The highest BCUT2D eigenvalue weighted by atomic mass is 32.1. The number of nitrogens with zero attached hydrogens (tertiary/aromatic N) is 4. The van der Waals surface area contributed by atoms with Crippen LogP contribution in [0.15, 0.2) is 30.0 Å². The molecule has 0 aromatic carbocycles. The van der Waals surface area contributed by atoms with E-state index in [4.69, 9.17) is 4.74 Å². The molecule has 128 valence electrons. The van der Waals surface area contributed by atoms with Crippen LogP contribution in [0.3, 0.4) is 0 Å². The molecular formula is C16H21N5O2S. The van der Waals surface area contributed by atoms with Crippen molar-refractivity contribution in [3.8, 4) is 6.01 Å². The van der Waals surface area contributed by atoms with Gasteiger partial charge in [-0.2, -0.15) is 0 Å². The molecule has 0 spiro atoms. The summed E-state index contributed by atoms with van der Waals surface area (Å²) in [6.07, 6.45) is 7.63.